The number of Topliss-reactive ketones (excluding diaryl/α,β-unsaturated/α-hetero) is 1. The third kappa shape index (κ3) is 2.99. The highest BCUT2D eigenvalue weighted by Crippen LogP contribution is 2.24. The molecule has 1 aliphatic rings. The van der Waals surface area contributed by atoms with E-state index >= 15 is 0 Å². The summed E-state index contributed by atoms with van der Waals surface area (Å²) >= 11 is 0. The molecule has 0 radical (unpaired) electrons. The van der Waals surface area contributed by atoms with Gasteiger partial charge in [-0.2, -0.15) is 0 Å². The number of ketones is 1. The summed E-state index contributed by atoms with van der Waals surface area (Å²) in [6.07, 6.45) is 0. The average molecular weight is 276 g/mol. The Bertz CT molecular complexity index is 498. The number of rotatable bonds is 4. The second-order valence-corrected chi connectivity index (χ2v) is 5.04. The van der Waals surface area contributed by atoms with Gasteiger partial charge in [-0.15, -0.1) is 0 Å². The van der Waals surface area contributed by atoms with Crippen molar-refractivity contribution in [2.75, 3.05) is 20.2 Å². The van der Waals surface area contributed by atoms with Crippen molar-refractivity contribution in [3.63, 3.8) is 0 Å². The van der Waals surface area contributed by atoms with Crippen LogP contribution in [0.25, 0.3) is 0 Å². The lowest BCUT2D eigenvalue weighted by Crippen LogP contribution is -2.57. The number of benzene rings is 1. The molecule has 20 heavy (non-hydrogen) atoms. The van der Waals surface area contributed by atoms with E-state index in [1.807, 2.05) is 31.2 Å². The lowest BCUT2D eigenvalue weighted by atomic mass is 10.0. The van der Waals surface area contributed by atoms with E-state index in [2.05, 4.69) is 5.32 Å². The zero-order chi connectivity index (χ0) is 14.7. The average Bonchev–Trinajstić information content (AvgIpc) is 2.47. The Morgan fingerprint density at radius 2 is 2.05 bits per heavy atom. The summed E-state index contributed by atoms with van der Waals surface area (Å²) in [6, 6.07) is 7.32. The van der Waals surface area contributed by atoms with Gasteiger partial charge in [0.15, 0.2) is 0 Å². The maximum absolute atomic E-state index is 12.0. The summed E-state index contributed by atoms with van der Waals surface area (Å²) in [5, 5.41) is 2.96. The van der Waals surface area contributed by atoms with Crippen LogP contribution in [-0.2, 0) is 9.59 Å². The molecule has 1 N–H and O–H groups in total. The van der Waals surface area contributed by atoms with Crippen LogP contribution < -0.4 is 10.1 Å². The molecule has 0 saturated carbocycles. The zero-order valence-corrected chi connectivity index (χ0v) is 12.1. The van der Waals surface area contributed by atoms with Crippen LogP contribution in [-0.4, -0.2) is 42.8 Å². The highest BCUT2D eigenvalue weighted by Gasteiger charge is 2.31. The molecule has 0 bridgehead atoms. The Morgan fingerprint density at radius 1 is 1.40 bits per heavy atom. The summed E-state index contributed by atoms with van der Waals surface area (Å²) in [5.41, 5.74) is 1.03. The third-order valence-electron chi connectivity index (χ3n) is 3.76. The molecule has 1 amide bonds. The van der Waals surface area contributed by atoms with Gasteiger partial charge in [0.25, 0.3) is 0 Å². The lowest BCUT2D eigenvalue weighted by molar-refractivity contribution is -0.137. The highest BCUT2D eigenvalue weighted by atomic mass is 16.5. The number of carbonyl (C=O) groups excluding carboxylic acids is 2. The fourth-order valence-corrected chi connectivity index (χ4v) is 2.38. The van der Waals surface area contributed by atoms with Gasteiger partial charge in [-0.3, -0.25) is 14.9 Å². The van der Waals surface area contributed by atoms with E-state index in [1.165, 1.54) is 0 Å². The van der Waals surface area contributed by atoms with Crippen LogP contribution in [0.2, 0.25) is 0 Å². The van der Waals surface area contributed by atoms with Crippen LogP contribution in [0.5, 0.6) is 5.75 Å². The molecular formula is C15H20N2O3. The Labute approximate surface area is 118 Å². The largest absolute Gasteiger partial charge is 0.497 e. The van der Waals surface area contributed by atoms with Gasteiger partial charge in [-0.05, 0) is 31.5 Å². The first-order valence-electron chi connectivity index (χ1n) is 6.70. The van der Waals surface area contributed by atoms with Gasteiger partial charge in [-0.25, -0.2) is 0 Å². The Hall–Kier alpha value is -1.88. The van der Waals surface area contributed by atoms with Crippen molar-refractivity contribution in [3.05, 3.63) is 29.8 Å². The predicted molar refractivity (Wildman–Crippen MR) is 75.6 cm³/mol. The quantitative estimate of drug-likeness (QED) is 0.896. The normalized spacial score (nSPS) is 20.6. The van der Waals surface area contributed by atoms with Gasteiger partial charge in [0, 0.05) is 6.54 Å². The molecule has 1 heterocycles. The second kappa shape index (κ2) is 6.05. The number of nitrogens with one attached hydrogen (secondary N) is 1. The van der Waals surface area contributed by atoms with Gasteiger partial charge in [0.2, 0.25) is 5.91 Å². The van der Waals surface area contributed by atoms with Gasteiger partial charge >= 0.3 is 0 Å². The van der Waals surface area contributed by atoms with Crippen LogP contribution in [0.15, 0.2) is 24.3 Å². The van der Waals surface area contributed by atoms with Crippen LogP contribution in [0.3, 0.4) is 0 Å². The molecule has 1 saturated heterocycles. The van der Waals surface area contributed by atoms with Crippen LogP contribution in [0, 0.1) is 0 Å². The van der Waals surface area contributed by atoms with Crippen molar-refractivity contribution < 1.29 is 14.3 Å². The molecule has 0 aliphatic carbocycles. The smallest absolute Gasteiger partial charge is 0.237 e. The number of hydrogen-bond donors (Lipinski definition) is 1. The standard InChI is InChI=1S/C15H20N2O3/c1-10(12-4-6-13(20-3)7-5-12)17-9-14(11(2)18)16-8-15(17)19/h4-7,10,14,16H,8-9H2,1-3H3. The fraction of sp³-hybridized carbons (Fsp3) is 0.467. The Morgan fingerprint density at radius 3 is 2.60 bits per heavy atom. The SMILES string of the molecule is COc1ccc(C(C)N2CC(C(C)=O)NCC2=O)cc1. The van der Waals surface area contributed by atoms with Crippen molar-refractivity contribution in [3.8, 4) is 5.75 Å². The van der Waals surface area contributed by atoms with Gasteiger partial charge in [0.05, 0.1) is 25.7 Å². The molecule has 2 rings (SSSR count). The van der Waals surface area contributed by atoms with E-state index in [0.29, 0.717) is 6.54 Å². The van der Waals surface area contributed by atoms with Gasteiger partial charge < -0.3 is 9.64 Å². The number of methoxy groups -OCH3 is 1. The number of carbonyl (C=O) groups is 2. The molecule has 2 unspecified atom stereocenters. The van der Waals surface area contributed by atoms with Crippen molar-refractivity contribution in [1.29, 1.82) is 0 Å². The van der Waals surface area contributed by atoms with Crippen molar-refractivity contribution in [2.24, 2.45) is 0 Å². The van der Waals surface area contributed by atoms with Crippen LogP contribution in [0.1, 0.15) is 25.5 Å². The first-order valence-corrected chi connectivity index (χ1v) is 6.70. The number of amides is 1. The predicted octanol–water partition coefficient (Wildman–Crippen LogP) is 1.15. The third-order valence-corrected chi connectivity index (χ3v) is 3.76. The maximum Gasteiger partial charge on any atom is 0.237 e. The molecule has 5 heteroatoms. The first-order chi connectivity index (χ1) is 9.52. The first kappa shape index (κ1) is 14.5. The maximum atomic E-state index is 12.0. The summed E-state index contributed by atoms with van der Waals surface area (Å²) in [5.74, 6) is 0.865. The molecule has 0 aromatic heterocycles. The van der Waals surface area contributed by atoms with E-state index in [4.69, 9.17) is 4.74 Å². The van der Waals surface area contributed by atoms with Crippen molar-refractivity contribution in [2.45, 2.75) is 25.9 Å². The topological polar surface area (TPSA) is 58.6 Å². The number of ether oxygens (including phenoxy) is 1. The number of piperazine rings is 1. The summed E-state index contributed by atoms with van der Waals surface area (Å²) in [7, 11) is 1.62. The zero-order valence-electron chi connectivity index (χ0n) is 12.1. The van der Waals surface area contributed by atoms with Crippen molar-refractivity contribution >= 4 is 11.7 Å². The van der Waals surface area contributed by atoms with Crippen LogP contribution >= 0.6 is 0 Å². The molecule has 1 fully saturated rings. The van der Waals surface area contributed by atoms with Crippen LogP contribution in [0.4, 0.5) is 0 Å². The molecule has 108 valence electrons. The Kier molecular flexibility index (Phi) is 4.39. The van der Waals surface area contributed by atoms with E-state index in [9.17, 15) is 9.59 Å². The highest BCUT2D eigenvalue weighted by molar-refractivity contribution is 5.86. The minimum Gasteiger partial charge on any atom is -0.497 e. The van der Waals surface area contributed by atoms with Gasteiger partial charge in [0.1, 0.15) is 11.5 Å². The van der Waals surface area contributed by atoms with E-state index < -0.39 is 0 Å². The molecule has 1 aromatic rings. The molecule has 2 atom stereocenters. The summed E-state index contributed by atoms with van der Waals surface area (Å²) in [4.78, 5) is 25.3. The second-order valence-electron chi connectivity index (χ2n) is 5.04. The summed E-state index contributed by atoms with van der Waals surface area (Å²) < 4.78 is 5.13. The van der Waals surface area contributed by atoms with Crippen molar-refractivity contribution in [1.82, 2.24) is 10.2 Å². The lowest BCUT2D eigenvalue weighted by Gasteiger charge is -2.36. The number of hydrogen-bond acceptors (Lipinski definition) is 4. The minimum atomic E-state index is -0.270. The van der Waals surface area contributed by atoms with Gasteiger partial charge in [-0.1, -0.05) is 12.1 Å². The minimum absolute atomic E-state index is 0.0193. The Balaban J connectivity index is 2.14. The summed E-state index contributed by atoms with van der Waals surface area (Å²) in [6.45, 7) is 4.15. The molecular weight excluding hydrogens is 256 g/mol. The fourth-order valence-electron chi connectivity index (χ4n) is 2.38. The van der Waals surface area contributed by atoms with E-state index in [0.717, 1.165) is 11.3 Å². The van der Waals surface area contributed by atoms with E-state index in [1.54, 1.807) is 18.9 Å². The monoisotopic (exact) mass is 276 g/mol. The number of nitrogens with zero attached hydrogens (tertiary/aromatic N) is 1. The molecule has 1 aliphatic heterocycles. The molecule has 5 nitrogen and oxygen atoms in total. The molecule has 0 spiro atoms. The molecule has 1 aromatic carbocycles. The van der Waals surface area contributed by atoms with E-state index in [-0.39, 0.29) is 30.3 Å².